The minimum absolute atomic E-state index is 0.674. The lowest BCUT2D eigenvalue weighted by Crippen LogP contribution is -2.35. The molecule has 0 aliphatic carbocycles. The molecule has 1 aromatic heterocycles. The van der Waals surface area contributed by atoms with Crippen molar-refractivity contribution in [1.29, 1.82) is 0 Å². The molecule has 1 saturated heterocycles. The van der Waals surface area contributed by atoms with E-state index in [2.05, 4.69) is 34.8 Å². The van der Waals surface area contributed by atoms with Gasteiger partial charge in [0.1, 0.15) is 0 Å². The lowest BCUT2D eigenvalue weighted by molar-refractivity contribution is 0.399. The molecule has 0 saturated carbocycles. The van der Waals surface area contributed by atoms with Gasteiger partial charge in [0.05, 0.1) is 10.4 Å². The third kappa shape index (κ3) is 2.35. The van der Waals surface area contributed by atoms with Crippen LogP contribution in [0.25, 0.3) is 10.1 Å². The van der Waals surface area contributed by atoms with Crippen molar-refractivity contribution in [2.24, 2.45) is 0 Å². The van der Waals surface area contributed by atoms with Crippen molar-refractivity contribution in [3.05, 3.63) is 29.5 Å². The maximum atomic E-state index is 4.41. The molecule has 1 N–H and O–H groups in total. The molecular weight excluding hydrogens is 228 g/mol. The van der Waals surface area contributed by atoms with E-state index in [1.807, 2.05) is 0 Å². The highest BCUT2D eigenvalue weighted by molar-refractivity contribution is 7.13. The van der Waals surface area contributed by atoms with Gasteiger partial charge in [0, 0.05) is 11.4 Å². The Morgan fingerprint density at radius 1 is 1.41 bits per heavy atom. The van der Waals surface area contributed by atoms with E-state index >= 15 is 0 Å². The summed E-state index contributed by atoms with van der Waals surface area (Å²) in [5.41, 5.74) is 2.61. The van der Waals surface area contributed by atoms with Gasteiger partial charge in [0.25, 0.3) is 0 Å². The highest BCUT2D eigenvalue weighted by Gasteiger charge is 2.13. The summed E-state index contributed by atoms with van der Waals surface area (Å²) in [6.07, 6.45) is 5.19. The quantitative estimate of drug-likeness (QED) is 0.879. The van der Waals surface area contributed by atoms with Crippen molar-refractivity contribution >= 4 is 21.6 Å². The highest BCUT2D eigenvalue weighted by Crippen LogP contribution is 2.24. The van der Waals surface area contributed by atoms with E-state index in [4.69, 9.17) is 0 Å². The lowest BCUT2D eigenvalue weighted by atomic mass is 9.97. The van der Waals surface area contributed by atoms with Crippen LogP contribution in [0.3, 0.4) is 0 Å². The molecule has 90 valence electrons. The zero-order valence-electron chi connectivity index (χ0n) is 10.2. The number of fused-ring (bicyclic) bond motifs is 1. The fourth-order valence-electron chi connectivity index (χ4n) is 2.62. The van der Waals surface area contributed by atoms with Gasteiger partial charge in [-0.2, -0.15) is 4.37 Å². The van der Waals surface area contributed by atoms with Gasteiger partial charge < -0.3 is 5.32 Å². The van der Waals surface area contributed by atoms with Crippen LogP contribution >= 0.6 is 11.5 Å². The molecule has 3 rings (SSSR count). The SMILES string of the molecule is Cc1nsc2ccc(CC3CCCCN3)cc12. The number of hydrogen-bond donors (Lipinski definition) is 1. The summed E-state index contributed by atoms with van der Waals surface area (Å²) < 4.78 is 5.72. The maximum Gasteiger partial charge on any atom is 0.0589 e. The minimum Gasteiger partial charge on any atom is -0.314 e. The molecule has 17 heavy (non-hydrogen) atoms. The Balaban J connectivity index is 1.82. The third-order valence-corrected chi connectivity index (χ3v) is 4.53. The molecule has 1 aliphatic rings. The standard InChI is InChI=1S/C14H18N2S/c1-10-13-9-11(5-6-14(13)17-16-10)8-12-4-2-3-7-15-12/h5-6,9,12,15H,2-4,7-8H2,1H3. The van der Waals surface area contributed by atoms with E-state index in [0.29, 0.717) is 6.04 Å². The molecule has 0 amide bonds. The Morgan fingerprint density at radius 3 is 3.18 bits per heavy atom. The van der Waals surface area contributed by atoms with Crippen LogP contribution < -0.4 is 5.32 Å². The summed E-state index contributed by atoms with van der Waals surface area (Å²) in [4.78, 5) is 0. The van der Waals surface area contributed by atoms with E-state index in [1.165, 1.54) is 47.2 Å². The Hall–Kier alpha value is -0.930. The first kappa shape index (κ1) is 11.2. The molecule has 2 nitrogen and oxygen atoms in total. The second-order valence-corrected chi connectivity index (χ2v) is 5.75. The lowest BCUT2D eigenvalue weighted by Gasteiger charge is -2.23. The Labute approximate surface area is 106 Å². The van der Waals surface area contributed by atoms with Gasteiger partial charge >= 0.3 is 0 Å². The van der Waals surface area contributed by atoms with Crippen LogP contribution in [0.1, 0.15) is 30.5 Å². The van der Waals surface area contributed by atoms with Gasteiger partial charge in [-0.1, -0.05) is 12.5 Å². The molecule has 1 unspecified atom stereocenters. The van der Waals surface area contributed by atoms with Gasteiger partial charge in [-0.05, 0) is 62.0 Å². The van der Waals surface area contributed by atoms with Crippen LogP contribution in [0.15, 0.2) is 18.2 Å². The molecular formula is C14H18N2S. The predicted molar refractivity (Wildman–Crippen MR) is 73.7 cm³/mol. The van der Waals surface area contributed by atoms with Gasteiger partial charge in [-0.15, -0.1) is 0 Å². The second-order valence-electron chi connectivity index (χ2n) is 4.95. The molecule has 0 radical (unpaired) electrons. The van der Waals surface area contributed by atoms with Crippen molar-refractivity contribution in [3.63, 3.8) is 0 Å². The second kappa shape index (κ2) is 4.75. The summed E-state index contributed by atoms with van der Waals surface area (Å²) in [7, 11) is 0. The topological polar surface area (TPSA) is 24.9 Å². The molecule has 0 spiro atoms. The summed E-state index contributed by atoms with van der Waals surface area (Å²) in [5, 5.41) is 4.95. The van der Waals surface area contributed by atoms with Crippen LogP contribution in [0.4, 0.5) is 0 Å². The molecule has 1 aliphatic heterocycles. The number of hydrogen-bond acceptors (Lipinski definition) is 3. The fraction of sp³-hybridized carbons (Fsp3) is 0.500. The molecule has 0 bridgehead atoms. The van der Waals surface area contributed by atoms with Crippen LogP contribution in [0.2, 0.25) is 0 Å². The monoisotopic (exact) mass is 246 g/mol. The van der Waals surface area contributed by atoms with E-state index < -0.39 is 0 Å². The number of aromatic nitrogens is 1. The van der Waals surface area contributed by atoms with Crippen LogP contribution in [0, 0.1) is 6.92 Å². The van der Waals surface area contributed by atoms with Crippen molar-refractivity contribution in [2.45, 2.75) is 38.6 Å². The summed E-state index contributed by atoms with van der Waals surface area (Å²) in [5.74, 6) is 0. The summed E-state index contributed by atoms with van der Waals surface area (Å²) in [6, 6.07) is 7.48. The van der Waals surface area contributed by atoms with Crippen LogP contribution in [-0.2, 0) is 6.42 Å². The fourth-order valence-corrected chi connectivity index (χ4v) is 3.38. The minimum atomic E-state index is 0.674. The first-order valence-corrected chi connectivity index (χ1v) is 7.18. The van der Waals surface area contributed by atoms with E-state index in [1.54, 1.807) is 11.5 Å². The normalized spacial score (nSPS) is 20.9. The number of piperidine rings is 1. The summed E-state index contributed by atoms with van der Waals surface area (Å²) in [6.45, 7) is 3.29. The Bertz CT molecular complexity index is 512. The van der Waals surface area contributed by atoms with Gasteiger partial charge in [-0.3, -0.25) is 0 Å². The average Bonchev–Trinajstić information content (AvgIpc) is 2.73. The van der Waals surface area contributed by atoms with Gasteiger partial charge in [0.15, 0.2) is 0 Å². The number of nitrogens with zero attached hydrogens (tertiary/aromatic N) is 1. The molecule has 2 aromatic rings. The zero-order chi connectivity index (χ0) is 11.7. The molecule has 3 heteroatoms. The Kier molecular flexibility index (Phi) is 3.12. The number of rotatable bonds is 2. The summed E-state index contributed by atoms with van der Waals surface area (Å²) >= 11 is 1.60. The highest BCUT2D eigenvalue weighted by atomic mass is 32.1. The third-order valence-electron chi connectivity index (χ3n) is 3.61. The van der Waals surface area contributed by atoms with Gasteiger partial charge in [0.2, 0.25) is 0 Å². The molecule has 1 atom stereocenters. The number of aryl methyl sites for hydroxylation is 1. The first-order valence-electron chi connectivity index (χ1n) is 6.41. The molecule has 1 aromatic carbocycles. The van der Waals surface area contributed by atoms with Gasteiger partial charge in [-0.25, -0.2) is 0 Å². The molecule has 2 heterocycles. The maximum absolute atomic E-state index is 4.41. The smallest absolute Gasteiger partial charge is 0.0589 e. The van der Waals surface area contributed by atoms with Crippen LogP contribution in [0.5, 0.6) is 0 Å². The average molecular weight is 246 g/mol. The predicted octanol–water partition coefficient (Wildman–Crippen LogP) is 3.29. The molecule has 1 fully saturated rings. The van der Waals surface area contributed by atoms with Crippen molar-refractivity contribution in [1.82, 2.24) is 9.69 Å². The zero-order valence-corrected chi connectivity index (χ0v) is 11.0. The van der Waals surface area contributed by atoms with Crippen molar-refractivity contribution in [2.75, 3.05) is 6.54 Å². The van der Waals surface area contributed by atoms with E-state index in [0.717, 1.165) is 6.42 Å². The number of nitrogens with one attached hydrogen (secondary N) is 1. The van der Waals surface area contributed by atoms with Crippen molar-refractivity contribution < 1.29 is 0 Å². The Morgan fingerprint density at radius 2 is 2.35 bits per heavy atom. The number of benzene rings is 1. The van der Waals surface area contributed by atoms with Crippen LogP contribution in [-0.4, -0.2) is 17.0 Å². The largest absolute Gasteiger partial charge is 0.314 e. The van der Waals surface area contributed by atoms with E-state index in [-0.39, 0.29) is 0 Å². The van der Waals surface area contributed by atoms with Crippen molar-refractivity contribution in [3.8, 4) is 0 Å². The van der Waals surface area contributed by atoms with E-state index in [9.17, 15) is 0 Å². The first-order chi connectivity index (χ1) is 8.33.